The van der Waals surface area contributed by atoms with Gasteiger partial charge in [-0.3, -0.25) is 0 Å². The molecule has 0 aromatic carbocycles. The Bertz CT molecular complexity index is 51.4. The Morgan fingerprint density at radius 3 is 1.71 bits per heavy atom. The SMILES string of the molecule is FC(F)(F)SSCl. The van der Waals surface area contributed by atoms with Gasteiger partial charge in [0.25, 0.3) is 0 Å². The highest BCUT2D eigenvalue weighted by atomic mass is 35.7. The Hall–Kier alpha value is 0.780. The van der Waals surface area contributed by atoms with Crippen molar-refractivity contribution in [1.82, 2.24) is 0 Å². The molecule has 44 valence electrons. The summed E-state index contributed by atoms with van der Waals surface area (Å²) in [4.78, 5) is 0. The van der Waals surface area contributed by atoms with Gasteiger partial charge in [0.2, 0.25) is 0 Å². The summed E-state index contributed by atoms with van der Waals surface area (Å²) in [7, 11) is 4.49. The zero-order chi connectivity index (χ0) is 5.91. The van der Waals surface area contributed by atoms with Gasteiger partial charge in [0.05, 0.1) is 0 Å². The molecule has 0 aromatic rings. The fourth-order valence-corrected chi connectivity index (χ4v) is 0.964. The first-order valence-electron chi connectivity index (χ1n) is 1.09. The fourth-order valence-electron chi connectivity index (χ4n) is 0.0357. The molecule has 0 aromatic heterocycles. The lowest BCUT2D eigenvalue weighted by atomic mass is 11.6. The minimum atomic E-state index is -4.20. The lowest BCUT2D eigenvalue weighted by Crippen LogP contribution is -1.94. The van der Waals surface area contributed by atoms with E-state index in [1.807, 2.05) is 0 Å². The highest BCUT2D eigenvalue weighted by molar-refractivity contribution is 8.85. The molecular formula is CClF3S2. The van der Waals surface area contributed by atoms with Crippen LogP contribution in [0, 0.1) is 0 Å². The average molecular weight is 169 g/mol. The Morgan fingerprint density at radius 2 is 1.71 bits per heavy atom. The van der Waals surface area contributed by atoms with Crippen molar-refractivity contribution in [3.8, 4) is 0 Å². The van der Waals surface area contributed by atoms with Crippen LogP contribution in [0.3, 0.4) is 0 Å². The minimum Gasteiger partial charge on any atom is -0.160 e. The summed E-state index contributed by atoms with van der Waals surface area (Å²) in [5.41, 5.74) is -4.20. The molecular weight excluding hydrogens is 169 g/mol. The molecule has 0 unspecified atom stereocenters. The highest BCUT2D eigenvalue weighted by Crippen LogP contribution is 2.41. The first-order chi connectivity index (χ1) is 3.06. The third-order valence-corrected chi connectivity index (χ3v) is 1.70. The molecule has 0 aliphatic rings. The number of alkyl halides is 3. The summed E-state index contributed by atoms with van der Waals surface area (Å²) < 4.78 is 32.7. The summed E-state index contributed by atoms with van der Waals surface area (Å²) in [6.45, 7) is 0. The third-order valence-electron chi connectivity index (χ3n) is 0.126. The van der Waals surface area contributed by atoms with E-state index in [4.69, 9.17) is 0 Å². The Morgan fingerprint density at radius 1 is 1.29 bits per heavy atom. The molecule has 0 rings (SSSR count). The van der Waals surface area contributed by atoms with E-state index >= 15 is 0 Å². The van der Waals surface area contributed by atoms with Crippen molar-refractivity contribution in [3.05, 3.63) is 0 Å². The van der Waals surface area contributed by atoms with Crippen molar-refractivity contribution in [3.63, 3.8) is 0 Å². The monoisotopic (exact) mass is 168 g/mol. The quantitative estimate of drug-likeness (QED) is 0.552. The van der Waals surface area contributed by atoms with Crippen LogP contribution in [0.15, 0.2) is 0 Å². The van der Waals surface area contributed by atoms with Crippen LogP contribution in [0.5, 0.6) is 0 Å². The molecule has 0 saturated carbocycles. The van der Waals surface area contributed by atoms with E-state index in [0.717, 1.165) is 0 Å². The lowest BCUT2D eigenvalue weighted by Gasteiger charge is -1.96. The average Bonchev–Trinajstić information content (AvgIpc) is 1.30. The Balaban J connectivity index is 3.15. The summed E-state index contributed by atoms with van der Waals surface area (Å²) in [5, 5.41) is 0. The molecule has 0 aliphatic heterocycles. The first kappa shape index (κ1) is 7.78. The molecule has 0 radical (unpaired) electrons. The van der Waals surface area contributed by atoms with E-state index in [-0.39, 0.29) is 20.8 Å². The number of hydrogen-bond donors (Lipinski definition) is 0. The standard InChI is InChI=1S/CClF3S2/c2-7-6-1(3,4)5. The maximum Gasteiger partial charge on any atom is 0.453 e. The van der Waals surface area contributed by atoms with Gasteiger partial charge >= 0.3 is 5.51 Å². The summed E-state index contributed by atoms with van der Waals surface area (Å²) in [5.74, 6) is 0. The molecule has 0 N–H and O–H groups in total. The van der Waals surface area contributed by atoms with E-state index < -0.39 is 5.51 Å². The largest absolute Gasteiger partial charge is 0.453 e. The van der Waals surface area contributed by atoms with Crippen LogP contribution in [-0.4, -0.2) is 5.51 Å². The van der Waals surface area contributed by atoms with Gasteiger partial charge in [-0.05, 0) is 10.7 Å². The Kier molecular flexibility index (Phi) is 3.27. The molecule has 0 spiro atoms. The van der Waals surface area contributed by atoms with Crippen LogP contribution >= 0.6 is 31.5 Å². The van der Waals surface area contributed by atoms with Crippen LogP contribution < -0.4 is 0 Å². The molecule has 0 atom stereocenters. The number of hydrogen-bond acceptors (Lipinski definition) is 2. The molecule has 0 bridgehead atoms. The second-order valence-corrected chi connectivity index (χ2v) is 3.36. The van der Waals surface area contributed by atoms with Crippen molar-refractivity contribution < 1.29 is 13.2 Å². The van der Waals surface area contributed by atoms with Crippen LogP contribution in [0.25, 0.3) is 0 Å². The van der Waals surface area contributed by atoms with Crippen molar-refractivity contribution in [2.75, 3.05) is 0 Å². The van der Waals surface area contributed by atoms with E-state index in [1.165, 1.54) is 0 Å². The number of rotatable bonds is 1. The molecule has 0 heterocycles. The maximum atomic E-state index is 10.9. The van der Waals surface area contributed by atoms with Crippen LogP contribution in [-0.2, 0) is 0 Å². The summed E-state index contributed by atoms with van der Waals surface area (Å²) in [6, 6.07) is 0. The van der Waals surface area contributed by atoms with E-state index in [9.17, 15) is 13.2 Å². The maximum absolute atomic E-state index is 10.9. The van der Waals surface area contributed by atoms with E-state index in [2.05, 4.69) is 10.7 Å². The third kappa shape index (κ3) is 6.78. The molecule has 0 aliphatic carbocycles. The second kappa shape index (κ2) is 2.94. The van der Waals surface area contributed by atoms with Gasteiger partial charge in [-0.2, -0.15) is 13.2 Å². The lowest BCUT2D eigenvalue weighted by molar-refractivity contribution is -0.0311. The van der Waals surface area contributed by atoms with Gasteiger partial charge in [0.15, 0.2) is 0 Å². The predicted molar refractivity (Wildman–Crippen MR) is 27.1 cm³/mol. The fraction of sp³-hybridized carbons (Fsp3) is 1.00. The molecule has 0 amide bonds. The molecule has 6 heteroatoms. The van der Waals surface area contributed by atoms with Crippen LogP contribution in [0.4, 0.5) is 13.2 Å². The topological polar surface area (TPSA) is 0 Å². The van der Waals surface area contributed by atoms with Crippen molar-refractivity contribution in [1.29, 1.82) is 0 Å². The first-order valence-corrected chi connectivity index (χ1v) is 4.07. The normalized spacial score (nSPS) is 12.0. The van der Waals surface area contributed by atoms with Gasteiger partial charge < -0.3 is 0 Å². The van der Waals surface area contributed by atoms with Gasteiger partial charge in [0.1, 0.15) is 0 Å². The van der Waals surface area contributed by atoms with Crippen molar-refractivity contribution >= 4 is 31.5 Å². The van der Waals surface area contributed by atoms with Crippen LogP contribution in [0.1, 0.15) is 0 Å². The molecule has 0 saturated heterocycles. The van der Waals surface area contributed by atoms with Crippen LogP contribution in [0.2, 0.25) is 0 Å². The van der Waals surface area contributed by atoms with Gasteiger partial charge in [0, 0.05) is 20.8 Å². The molecule has 0 nitrogen and oxygen atoms in total. The second-order valence-electron chi connectivity index (χ2n) is 0.592. The van der Waals surface area contributed by atoms with Crippen molar-refractivity contribution in [2.45, 2.75) is 5.51 Å². The number of halogens is 4. The Labute approximate surface area is 50.7 Å². The zero-order valence-corrected chi connectivity index (χ0v) is 5.22. The summed E-state index contributed by atoms with van der Waals surface area (Å²) in [6.07, 6.45) is 0. The molecule has 0 fully saturated rings. The minimum absolute atomic E-state index is 0.172. The van der Waals surface area contributed by atoms with Crippen molar-refractivity contribution in [2.24, 2.45) is 0 Å². The molecule has 7 heavy (non-hydrogen) atoms. The predicted octanol–water partition coefficient (Wildman–Crippen LogP) is 3.04. The van der Waals surface area contributed by atoms with Gasteiger partial charge in [-0.1, -0.05) is 0 Å². The zero-order valence-electron chi connectivity index (χ0n) is 2.83. The van der Waals surface area contributed by atoms with Gasteiger partial charge in [-0.25, -0.2) is 0 Å². The van der Waals surface area contributed by atoms with E-state index in [0.29, 0.717) is 0 Å². The summed E-state index contributed by atoms with van der Waals surface area (Å²) >= 11 is 0. The highest BCUT2D eigenvalue weighted by Gasteiger charge is 2.28. The smallest absolute Gasteiger partial charge is 0.160 e. The van der Waals surface area contributed by atoms with E-state index in [1.54, 1.807) is 0 Å². The van der Waals surface area contributed by atoms with Gasteiger partial charge in [-0.15, -0.1) is 0 Å².